The normalized spacial score (nSPS) is 18.8. The van der Waals surface area contributed by atoms with Crippen molar-refractivity contribution in [1.29, 1.82) is 0 Å². The van der Waals surface area contributed by atoms with E-state index in [0.29, 0.717) is 41.5 Å². The third-order valence-electron chi connectivity index (χ3n) is 7.29. The largest absolute Gasteiger partial charge is 0.484 e. The molecular formula is C34H34ClNO4. The highest BCUT2D eigenvalue weighted by Crippen LogP contribution is 2.44. The first-order valence-electron chi connectivity index (χ1n) is 13.7. The highest BCUT2D eigenvalue weighted by Gasteiger charge is 2.35. The van der Waals surface area contributed by atoms with E-state index < -0.39 is 0 Å². The van der Waals surface area contributed by atoms with Crippen molar-refractivity contribution in [1.82, 2.24) is 0 Å². The van der Waals surface area contributed by atoms with Crippen LogP contribution >= 0.6 is 11.6 Å². The van der Waals surface area contributed by atoms with Gasteiger partial charge in [-0.3, -0.25) is 4.79 Å². The van der Waals surface area contributed by atoms with Gasteiger partial charge >= 0.3 is 0 Å². The molecule has 1 heterocycles. The average Bonchev–Trinajstić information content (AvgIpc) is 2.98. The summed E-state index contributed by atoms with van der Waals surface area (Å²) in [7, 11) is 0. The number of amides is 1. The predicted molar refractivity (Wildman–Crippen MR) is 159 cm³/mol. The third kappa shape index (κ3) is 7.23. The molecule has 1 aliphatic rings. The zero-order valence-electron chi connectivity index (χ0n) is 22.8. The second kappa shape index (κ2) is 13.0. The fourth-order valence-electron chi connectivity index (χ4n) is 5.15. The van der Waals surface area contributed by atoms with Crippen LogP contribution in [0.25, 0.3) is 0 Å². The van der Waals surface area contributed by atoms with Crippen LogP contribution in [0.3, 0.4) is 0 Å². The molecule has 5 rings (SSSR count). The van der Waals surface area contributed by atoms with Crippen LogP contribution in [0.5, 0.6) is 17.2 Å². The van der Waals surface area contributed by atoms with Crippen LogP contribution in [0.1, 0.15) is 43.4 Å². The molecule has 0 saturated carbocycles. The number of nitrogens with one attached hydrogen (secondary N) is 1. The monoisotopic (exact) mass is 555 g/mol. The fourth-order valence-corrected chi connectivity index (χ4v) is 5.28. The minimum Gasteiger partial charge on any atom is -0.484 e. The highest BCUT2D eigenvalue weighted by atomic mass is 35.5. The van der Waals surface area contributed by atoms with E-state index in [2.05, 4.69) is 37.4 Å². The van der Waals surface area contributed by atoms with Gasteiger partial charge in [0.15, 0.2) is 6.61 Å². The number of carbonyl (C=O) groups is 1. The molecule has 1 amide bonds. The molecule has 40 heavy (non-hydrogen) atoms. The van der Waals surface area contributed by atoms with Crippen LogP contribution in [0.4, 0.5) is 5.69 Å². The maximum absolute atomic E-state index is 12.6. The van der Waals surface area contributed by atoms with Gasteiger partial charge in [0.2, 0.25) is 0 Å². The minimum atomic E-state index is -0.234. The molecule has 0 radical (unpaired) electrons. The van der Waals surface area contributed by atoms with Crippen molar-refractivity contribution < 1.29 is 19.0 Å². The van der Waals surface area contributed by atoms with E-state index in [4.69, 9.17) is 25.8 Å². The minimum absolute atomic E-state index is 0.0300. The molecule has 1 N–H and O–H groups in total. The lowest BCUT2D eigenvalue weighted by atomic mass is 9.76. The van der Waals surface area contributed by atoms with E-state index in [0.717, 1.165) is 22.8 Å². The predicted octanol–water partition coefficient (Wildman–Crippen LogP) is 8.67. The van der Waals surface area contributed by atoms with Gasteiger partial charge in [-0.25, -0.2) is 0 Å². The summed E-state index contributed by atoms with van der Waals surface area (Å²) in [6.07, 6.45) is 1.00. The summed E-state index contributed by atoms with van der Waals surface area (Å²) in [5.74, 6) is 2.99. The van der Waals surface area contributed by atoms with Gasteiger partial charge in [-0.15, -0.1) is 0 Å². The van der Waals surface area contributed by atoms with Crippen molar-refractivity contribution in [3.8, 4) is 17.2 Å². The van der Waals surface area contributed by atoms with Crippen LogP contribution in [0.15, 0.2) is 103 Å². The standard InChI is InChI=1S/C34H34ClNO4/c1-23(2)32-20-26(24-11-13-27(35)14-12-24)21-39-34(32)25-7-6-10-31(19-25)38-22-33(37)36-28-15-17-30(18-16-28)40-29-8-4-3-5-9-29/h3-19,23,26,32,34H,20-22H2,1-2H3,(H,36,37)/t26-,32-,34-/m0/s1. The summed E-state index contributed by atoms with van der Waals surface area (Å²) in [5.41, 5.74) is 3.00. The number of hydrogen-bond donors (Lipinski definition) is 1. The zero-order valence-corrected chi connectivity index (χ0v) is 23.5. The molecule has 3 atom stereocenters. The Morgan fingerprint density at radius 3 is 2.30 bits per heavy atom. The molecule has 1 saturated heterocycles. The Kier molecular flexibility index (Phi) is 9.04. The molecule has 4 aromatic carbocycles. The van der Waals surface area contributed by atoms with Crippen LogP contribution in [0, 0.1) is 11.8 Å². The molecule has 206 valence electrons. The SMILES string of the molecule is CC(C)[C@@H]1C[C@H](c2ccc(Cl)cc2)CO[C@H]1c1cccc(OCC(=O)Nc2ccc(Oc3ccccc3)cc2)c1. The van der Waals surface area contributed by atoms with E-state index in [1.807, 2.05) is 72.8 Å². The summed E-state index contributed by atoms with van der Waals surface area (Å²) in [6, 6.07) is 32.8. The quantitative estimate of drug-likeness (QED) is 0.224. The molecule has 0 spiro atoms. The molecule has 0 bridgehead atoms. The lowest BCUT2D eigenvalue weighted by Gasteiger charge is -2.39. The molecular weight excluding hydrogens is 522 g/mol. The van der Waals surface area contributed by atoms with Crippen molar-refractivity contribution in [3.05, 3.63) is 119 Å². The fraction of sp³-hybridized carbons (Fsp3) is 0.265. The number of carbonyl (C=O) groups excluding carboxylic acids is 1. The highest BCUT2D eigenvalue weighted by molar-refractivity contribution is 6.30. The van der Waals surface area contributed by atoms with Crippen LogP contribution in [-0.4, -0.2) is 19.1 Å². The Labute approximate surface area is 241 Å². The van der Waals surface area contributed by atoms with Crippen molar-refractivity contribution in [2.45, 2.75) is 32.3 Å². The second-order valence-electron chi connectivity index (χ2n) is 10.5. The third-order valence-corrected chi connectivity index (χ3v) is 7.55. The lowest BCUT2D eigenvalue weighted by molar-refractivity contribution is -0.118. The van der Waals surface area contributed by atoms with Crippen molar-refractivity contribution in [2.75, 3.05) is 18.5 Å². The summed E-state index contributed by atoms with van der Waals surface area (Å²) >= 11 is 6.09. The molecule has 4 aromatic rings. The molecule has 6 heteroatoms. The number of anilines is 1. The first-order chi connectivity index (χ1) is 19.4. The first kappa shape index (κ1) is 27.8. The van der Waals surface area contributed by atoms with Gasteiger partial charge in [-0.05, 0) is 90.0 Å². The van der Waals surface area contributed by atoms with Crippen molar-refractivity contribution in [2.24, 2.45) is 11.8 Å². The van der Waals surface area contributed by atoms with Crippen molar-refractivity contribution >= 4 is 23.2 Å². The van der Waals surface area contributed by atoms with Gasteiger partial charge in [-0.2, -0.15) is 0 Å². The van der Waals surface area contributed by atoms with Crippen LogP contribution in [-0.2, 0) is 9.53 Å². The molecule has 5 nitrogen and oxygen atoms in total. The summed E-state index contributed by atoms with van der Waals surface area (Å²) in [4.78, 5) is 12.6. The Hall–Kier alpha value is -3.80. The van der Waals surface area contributed by atoms with Crippen molar-refractivity contribution in [3.63, 3.8) is 0 Å². The van der Waals surface area contributed by atoms with Gasteiger partial charge in [-0.1, -0.05) is 67.9 Å². The Morgan fingerprint density at radius 1 is 0.875 bits per heavy atom. The number of rotatable bonds is 9. The van der Waals surface area contributed by atoms with E-state index in [1.54, 1.807) is 12.1 Å². The number of para-hydroxylation sites is 1. The number of hydrogen-bond acceptors (Lipinski definition) is 4. The topological polar surface area (TPSA) is 56.8 Å². The molecule has 0 unspecified atom stereocenters. The number of benzene rings is 4. The number of ether oxygens (including phenoxy) is 3. The summed E-state index contributed by atoms with van der Waals surface area (Å²) in [5, 5.41) is 3.62. The Balaban J connectivity index is 1.16. The van der Waals surface area contributed by atoms with Gasteiger partial charge < -0.3 is 19.5 Å². The molecule has 0 aromatic heterocycles. The zero-order chi connectivity index (χ0) is 27.9. The van der Waals surface area contributed by atoms with E-state index in [-0.39, 0.29) is 18.6 Å². The van der Waals surface area contributed by atoms with E-state index >= 15 is 0 Å². The van der Waals surface area contributed by atoms with Gasteiger partial charge in [0.1, 0.15) is 17.2 Å². The summed E-state index contributed by atoms with van der Waals surface area (Å²) < 4.78 is 18.1. The second-order valence-corrected chi connectivity index (χ2v) is 10.9. The van der Waals surface area contributed by atoms with Gasteiger partial charge in [0.25, 0.3) is 5.91 Å². The van der Waals surface area contributed by atoms with Crippen LogP contribution in [0.2, 0.25) is 5.02 Å². The maximum Gasteiger partial charge on any atom is 0.262 e. The number of halogens is 1. The van der Waals surface area contributed by atoms with Crippen LogP contribution < -0.4 is 14.8 Å². The molecule has 0 aliphatic carbocycles. The Morgan fingerprint density at radius 2 is 1.57 bits per heavy atom. The van der Waals surface area contributed by atoms with Gasteiger partial charge in [0.05, 0.1) is 12.7 Å². The maximum atomic E-state index is 12.6. The lowest BCUT2D eigenvalue weighted by Crippen LogP contribution is -2.31. The van der Waals surface area contributed by atoms with Gasteiger partial charge in [0, 0.05) is 16.6 Å². The first-order valence-corrected chi connectivity index (χ1v) is 14.0. The van der Waals surface area contributed by atoms with E-state index in [1.165, 1.54) is 5.56 Å². The average molecular weight is 556 g/mol. The summed E-state index contributed by atoms with van der Waals surface area (Å²) in [6.45, 7) is 5.05. The molecule has 1 fully saturated rings. The smallest absolute Gasteiger partial charge is 0.262 e. The molecule has 1 aliphatic heterocycles. The Bertz CT molecular complexity index is 1390. The van der Waals surface area contributed by atoms with E-state index in [9.17, 15) is 4.79 Å².